The van der Waals surface area contributed by atoms with E-state index in [1.165, 1.54) is 23.0 Å². The highest BCUT2D eigenvalue weighted by molar-refractivity contribution is 7.20. The number of nitrogens with zero attached hydrogens (tertiary/aromatic N) is 2. The predicted octanol–water partition coefficient (Wildman–Crippen LogP) is 4.48. The zero-order valence-electron chi connectivity index (χ0n) is 14.8. The number of hydrogen-bond donors (Lipinski definition) is 1. The average molecular weight is 379 g/mol. The summed E-state index contributed by atoms with van der Waals surface area (Å²) < 4.78 is 15.5. The number of aryl methyl sites for hydroxylation is 1. The molecule has 4 aromatic rings. The Labute approximate surface area is 160 Å². The van der Waals surface area contributed by atoms with Crippen LogP contribution in [0.25, 0.3) is 15.4 Å². The van der Waals surface area contributed by atoms with E-state index in [0.717, 1.165) is 15.4 Å². The maximum Gasteiger partial charge on any atom is 0.271 e. The zero-order chi connectivity index (χ0) is 18.8. The minimum atomic E-state index is -0.252. The van der Waals surface area contributed by atoms with Gasteiger partial charge in [-0.3, -0.25) is 9.20 Å². The number of carbonyl (C=O) groups is 1. The molecule has 0 aliphatic heterocycles. The van der Waals surface area contributed by atoms with Crippen molar-refractivity contribution in [2.45, 2.75) is 13.3 Å². The van der Waals surface area contributed by atoms with Gasteiger partial charge in [0.25, 0.3) is 5.91 Å². The number of imidazole rings is 1. The van der Waals surface area contributed by atoms with Gasteiger partial charge in [-0.25, -0.2) is 9.37 Å². The van der Waals surface area contributed by atoms with Crippen molar-refractivity contribution in [3.05, 3.63) is 83.6 Å². The van der Waals surface area contributed by atoms with Crippen LogP contribution >= 0.6 is 11.3 Å². The molecule has 136 valence electrons. The van der Waals surface area contributed by atoms with Crippen LogP contribution in [0.3, 0.4) is 0 Å². The molecule has 2 heterocycles. The molecule has 4 nitrogen and oxygen atoms in total. The number of halogens is 1. The molecule has 0 fully saturated rings. The highest BCUT2D eigenvalue weighted by Gasteiger charge is 2.13. The second kappa shape index (κ2) is 7.32. The third-order valence-electron chi connectivity index (χ3n) is 4.36. The normalized spacial score (nSPS) is 11.0. The Hall–Kier alpha value is -2.99. The van der Waals surface area contributed by atoms with Crippen LogP contribution in [0, 0.1) is 12.7 Å². The summed E-state index contributed by atoms with van der Waals surface area (Å²) in [6.45, 7) is 2.42. The summed E-state index contributed by atoms with van der Waals surface area (Å²) in [4.78, 5) is 18.6. The molecule has 6 heteroatoms. The summed E-state index contributed by atoms with van der Waals surface area (Å²) in [6, 6.07) is 14.9. The van der Waals surface area contributed by atoms with E-state index in [1.807, 2.05) is 10.6 Å². The van der Waals surface area contributed by atoms with E-state index in [-0.39, 0.29) is 11.7 Å². The first-order valence-electron chi connectivity index (χ1n) is 8.67. The summed E-state index contributed by atoms with van der Waals surface area (Å²) >= 11 is 1.54. The zero-order valence-corrected chi connectivity index (χ0v) is 15.6. The second-order valence-corrected chi connectivity index (χ2v) is 7.38. The lowest BCUT2D eigenvalue weighted by Crippen LogP contribution is -2.26. The Morgan fingerprint density at radius 1 is 1.15 bits per heavy atom. The summed E-state index contributed by atoms with van der Waals surface area (Å²) in [6.07, 6.45) is 4.15. The van der Waals surface area contributed by atoms with Gasteiger partial charge in [-0.2, -0.15) is 0 Å². The van der Waals surface area contributed by atoms with Crippen LogP contribution in [0.2, 0.25) is 0 Å². The van der Waals surface area contributed by atoms with E-state index in [2.05, 4.69) is 41.5 Å². The maximum atomic E-state index is 13.6. The average Bonchev–Trinajstić information content (AvgIpc) is 3.23. The lowest BCUT2D eigenvalue weighted by Gasteiger charge is -2.04. The molecule has 1 N–H and O–H groups in total. The van der Waals surface area contributed by atoms with Gasteiger partial charge in [-0.1, -0.05) is 59.4 Å². The Kier molecular flexibility index (Phi) is 4.73. The van der Waals surface area contributed by atoms with Crippen LogP contribution in [-0.4, -0.2) is 21.8 Å². The first-order valence-corrected chi connectivity index (χ1v) is 9.49. The molecule has 0 aliphatic rings. The van der Waals surface area contributed by atoms with Crippen LogP contribution in [0.1, 0.15) is 21.6 Å². The minimum absolute atomic E-state index is 0.251. The Morgan fingerprint density at radius 3 is 2.67 bits per heavy atom. The highest BCUT2D eigenvalue weighted by atomic mass is 32.1. The molecule has 0 saturated heterocycles. The molecule has 0 saturated carbocycles. The fraction of sp³-hybridized carbons (Fsp3) is 0.143. The minimum Gasteiger partial charge on any atom is -0.350 e. The summed E-state index contributed by atoms with van der Waals surface area (Å²) in [5.74, 6) is -0.503. The Morgan fingerprint density at radius 2 is 1.93 bits per heavy atom. The molecule has 0 radical (unpaired) electrons. The SMILES string of the molecule is Cc1ccc(-c2cn3cc(C(=O)NCCc4ccccc4F)nc3s2)cc1. The number of hydrogen-bond acceptors (Lipinski definition) is 3. The number of thiazole rings is 1. The topological polar surface area (TPSA) is 46.4 Å². The number of nitrogens with one attached hydrogen (secondary N) is 1. The van der Waals surface area contributed by atoms with Crippen LogP contribution in [0.15, 0.2) is 60.9 Å². The van der Waals surface area contributed by atoms with Crippen molar-refractivity contribution in [2.24, 2.45) is 0 Å². The van der Waals surface area contributed by atoms with E-state index < -0.39 is 0 Å². The molecule has 0 aliphatic carbocycles. The molecule has 0 unspecified atom stereocenters. The number of rotatable bonds is 5. The number of amides is 1. The summed E-state index contributed by atoms with van der Waals surface area (Å²) in [7, 11) is 0. The molecule has 2 aromatic carbocycles. The van der Waals surface area contributed by atoms with Gasteiger partial charge in [-0.05, 0) is 30.5 Å². The van der Waals surface area contributed by atoms with Crippen molar-refractivity contribution in [3.8, 4) is 10.4 Å². The van der Waals surface area contributed by atoms with Crippen molar-refractivity contribution < 1.29 is 9.18 Å². The predicted molar refractivity (Wildman–Crippen MR) is 106 cm³/mol. The fourth-order valence-corrected chi connectivity index (χ4v) is 3.83. The molecule has 0 spiro atoms. The molecule has 0 atom stereocenters. The second-order valence-electron chi connectivity index (χ2n) is 6.37. The van der Waals surface area contributed by atoms with Crippen LogP contribution < -0.4 is 5.32 Å². The number of fused-ring (bicyclic) bond motifs is 1. The first-order chi connectivity index (χ1) is 13.1. The molecular weight excluding hydrogens is 361 g/mol. The van der Waals surface area contributed by atoms with Gasteiger partial charge in [0.1, 0.15) is 11.5 Å². The van der Waals surface area contributed by atoms with Crippen molar-refractivity contribution in [1.29, 1.82) is 0 Å². The van der Waals surface area contributed by atoms with E-state index in [0.29, 0.717) is 24.2 Å². The van der Waals surface area contributed by atoms with Gasteiger partial charge in [0.2, 0.25) is 0 Å². The van der Waals surface area contributed by atoms with Gasteiger partial charge in [0.05, 0.1) is 4.88 Å². The van der Waals surface area contributed by atoms with E-state index in [9.17, 15) is 9.18 Å². The standard InChI is InChI=1S/C21H18FN3OS/c1-14-6-8-16(9-7-14)19-13-25-12-18(24-21(25)27-19)20(26)23-11-10-15-4-2-3-5-17(15)22/h2-9,12-13H,10-11H2,1H3,(H,23,26). The number of aromatic nitrogens is 2. The van der Waals surface area contributed by atoms with Crippen molar-refractivity contribution in [1.82, 2.24) is 14.7 Å². The fourth-order valence-electron chi connectivity index (χ4n) is 2.86. The van der Waals surface area contributed by atoms with Gasteiger partial charge in [-0.15, -0.1) is 0 Å². The lowest BCUT2D eigenvalue weighted by molar-refractivity contribution is 0.0949. The quantitative estimate of drug-likeness (QED) is 0.556. The molecule has 2 aromatic heterocycles. The lowest BCUT2D eigenvalue weighted by atomic mass is 10.1. The van der Waals surface area contributed by atoms with E-state index in [1.54, 1.807) is 24.4 Å². The molecule has 0 bridgehead atoms. The molecule has 4 rings (SSSR count). The van der Waals surface area contributed by atoms with Crippen molar-refractivity contribution in [3.63, 3.8) is 0 Å². The van der Waals surface area contributed by atoms with Gasteiger partial charge < -0.3 is 5.32 Å². The van der Waals surface area contributed by atoms with Crippen molar-refractivity contribution >= 4 is 22.2 Å². The molecular formula is C21H18FN3OS. The van der Waals surface area contributed by atoms with Gasteiger partial charge in [0.15, 0.2) is 4.96 Å². The molecule has 1 amide bonds. The van der Waals surface area contributed by atoms with Gasteiger partial charge >= 0.3 is 0 Å². The number of carbonyl (C=O) groups excluding carboxylic acids is 1. The summed E-state index contributed by atoms with van der Waals surface area (Å²) in [5.41, 5.74) is 3.30. The maximum absolute atomic E-state index is 13.6. The van der Waals surface area contributed by atoms with Crippen molar-refractivity contribution in [2.75, 3.05) is 6.54 Å². The molecule has 27 heavy (non-hydrogen) atoms. The monoisotopic (exact) mass is 379 g/mol. The highest BCUT2D eigenvalue weighted by Crippen LogP contribution is 2.28. The van der Waals surface area contributed by atoms with Gasteiger partial charge in [0, 0.05) is 18.9 Å². The first kappa shape index (κ1) is 17.4. The largest absolute Gasteiger partial charge is 0.350 e. The smallest absolute Gasteiger partial charge is 0.271 e. The van der Waals surface area contributed by atoms with Crippen LogP contribution in [-0.2, 0) is 6.42 Å². The summed E-state index contributed by atoms with van der Waals surface area (Å²) in [5, 5.41) is 2.80. The van der Waals surface area contributed by atoms with E-state index in [4.69, 9.17) is 0 Å². The third kappa shape index (κ3) is 3.75. The Balaban J connectivity index is 1.43. The van der Waals surface area contributed by atoms with Crippen LogP contribution in [0.4, 0.5) is 4.39 Å². The van der Waals surface area contributed by atoms with Crippen LogP contribution in [0.5, 0.6) is 0 Å². The Bertz CT molecular complexity index is 1070. The number of benzene rings is 2. The third-order valence-corrected chi connectivity index (χ3v) is 5.41. The van der Waals surface area contributed by atoms with E-state index >= 15 is 0 Å².